The predicted octanol–water partition coefficient (Wildman–Crippen LogP) is 2.27. The van der Waals surface area contributed by atoms with Crippen molar-refractivity contribution in [1.82, 2.24) is 5.32 Å². The van der Waals surface area contributed by atoms with E-state index in [1.54, 1.807) is 0 Å². The first kappa shape index (κ1) is 13.3. The average molecular weight is 231 g/mol. The van der Waals surface area contributed by atoms with Crippen LogP contribution < -0.4 is 5.32 Å². The Balaban J connectivity index is 2.33. The molecule has 0 spiro atoms. The van der Waals surface area contributed by atoms with Gasteiger partial charge < -0.3 is 10.4 Å². The molecule has 1 atom stereocenters. The second-order valence-corrected chi connectivity index (χ2v) is 6.20. The topological polar surface area (TPSA) is 32.3 Å². The molecule has 0 bridgehead atoms. The summed E-state index contributed by atoms with van der Waals surface area (Å²) in [5.41, 5.74) is -0.437. The maximum Gasteiger partial charge on any atom is 0.0787 e. The van der Waals surface area contributed by atoms with Gasteiger partial charge in [0.05, 0.1) is 5.60 Å². The lowest BCUT2D eigenvalue weighted by Gasteiger charge is -2.34. The summed E-state index contributed by atoms with van der Waals surface area (Å²) in [6.45, 7) is 7.45. The van der Waals surface area contributed by atoms with Crippen molar-refractivity contribution in [3.8, 4) is 0 Å². The van der Waals surface area contributed by atoms with E-state index in [0.29, 0.717) is 12.0 Å². The van der Waals surface area contributed by atoms with Crippen LogP contribution in [0.5, 0.6) is 0 Å². The average Bonchev–Trinajstić information content (AvgIpc) is 2.19. The highest BCUT2D eigenvalue weighted by atomic mass is 32.2. The molecule has 1 fully saturated rings. The van der Waals surface area contributed by atoms with Gasteiger partial charge >= 0.3 is 0 Å². The zero-order valence-electron chi connectivity index (χ0n) is 10.3. The fourth-order valence-corrected chi connectivity index (χ4v) is 3.35. The van der Waals surface area contributed by atoms with E-state index in [-0.39, 0.29) is 0 Å². The Kier molecular flexibility index (Phi) is 5.44. The molecule has 1 aliphatic heterocycles. The predicted molar refractivity (Wildman–Crippen MR) is 68.4 cm³/mol. The molecule has 0 aromatic rings. The van der Waals surface area contributed by atoms with Crippen LogP contribution in [-0.4, -0.2) is 34.8 Å². The summed E-state index contributed by atoms with van der Waals surface area (Å²) in [6.07, 6.45) is 3.03. The highest BCUT2D eigenvalue weighted by Crippen LogP contribution is 2.26. The lowest BCUT2D eigenvalue weighted by molar-refractivity contribution is 0.0279. The largest absolute Gasteiger partial charge is 0.389 e. The quantitative estimate of drug-likeness (QED) is 0.761. The summed E-state index contributed by atoms with van der Waals surface area (Å²) in [5.74, 6) is 2.87. The van der Waals surface area contributed by atoms with Gasteiger partial charge in [0, 0.05) is 12.6 Å². The molecule has 1 saturated heterocycles. The molecular weight excluding hydrogens is 206 g/mol. The maximum absolute atomic E-state index is 10.3. The van der Waals surface area contributed by atoms with Gasteiger partial charge in [0.25, 0.3) is 0 Å². The summed E-state index contributed by atoms with van der Waals surface area (Å²) in [5, 5.41) is 13.8. The van der Waals surface area contributed by atoms with Gasteiger partial charge in [0.1, 0.15) is 0 Å². The molecular formula is C12H25NOS. The molecule has 1 rings (SSSR count). The van der Waals surface area contributed by atoms with E-state index in [2.05, 4.69) is 26.1 Å². The summed E-state index contributed by atoms with van der Waals surface area (Å²) in [6, 6.07) is 0.545. The second kappa shape index (κ2) is 6.12. The Hall–Kier alpha value is 0.270. The van der Waals surface area contributed by atoms with Crippen LogP contribution in [0.2, 0.25) is 0 Å². The van der Waals surface area contributed by atoms with E-state index >= 15 is 0 Å². The Morgan fingerprint density at radius 3 is 2.40 bits per heavy atom. The number of nitrogens with one attached hydrogen (secondary N) is 1. The van der Waals surface area contributed by atoms with Crippen LogP contribution in [-0.2, 0) is 0 Å². The third kappa shape index (κ3) is 4.33. The molecule has 90 valence electrons. The van der Waals surface area contributed by atoms with E-state index in [0.717, 1.165) is 37.3 Å². The Morgan fingerprint density at radius 2 is 1.93 bits per heavy atom. The smallest absolute Gasteiger partial charge is 0.0787 e. The minimum atomic E-state index is -0.437. The van der Waals surface area contributed by atoms with Crippen molar-refractivity contribution in [3.63, 3.8) is 0 Å². The van der Waals surface area contributed by atoms with E-state index < -0.39 is 5.60 Å². The number of aliphatic hydroxyl groups is 1. The lowest BCUT2D eigenvalue weighted by atomic mass is 9.94. The van der Waals surface area contributed by atoms with Crippen LogP contribution in [0.25, 0.3) is 0 Å². The monoisotopic (exact) mass is 231 g/mol. The highest BCUT2D eigenvalue weighted by Gasteiger charge is 2.29. The van der Waals surface area contributed by atoms with Crippen LogP contribution in [0.3, 0.4) is 0 Å². The molecule has 1 heterocycles. The molecule has 0 aromatic carbocycles. The van der Waals surface area contributed by atoms with Gasteiger partial charge in [-0.25, -0.2) is 0 Å². The van der Waals surface area contributed by atoms with Crippen LogP contribution in [0.1, 0.15) is 40.0 Å². The summed E-state index contributed by atoms with van der Waals surface area (Å²) in [7, 11) is 0. The van der Waals surface area contributed by atoms with Crippen LogP contribution >= 0.6 is 11.8 Å². The summed E-state index contributed by atoms with van der Waals surface area (Å²) >= 11 is 1.96. The number of hydrogen-bond acceptors (Lipinski definition) is 3. The third-order valence-electron chi connectivity index (χ3n) is 3.36. The third-order valence-corrected chi connectivity index (χ3v) is 4.35. The van der Waals surface area contributed by atoms with E-state index in [1.165, 1.54) is 0 Å². The first-order valence-corrected chi connectivity index (χ1v) is 7.26. The molecule has 0 radical (unpaired) electrons. The van der Waals surface area contributed by atoms with Crippen LogP contribution in [0.4, 0.5) is 0 Å². The second-order valence-electron chi connectivity index (χ2n) is 4.98. The van der Waals surface area contributed by atoms with Crippen LogP contribution in [0, 0.1) is 5.92 Å². The zero-order chi connectivity index (χ0) is 11.3. The van der Waals surface area contributed by atoms with E-state index in [9.17, 15) is 5.11 Å². The van der Waals surface area contributed by atoms with Gasteiger partial charge in [-0.3, -0.25) is 0 Å². The van der Waals surface area contributed by atoms with Gasteiger partial charge in [-0.15, -0.1) is 0 Å². The fraction of sp³-hybridized carbons (Fsp3) is 1.00. The van der Waals surface area contributed by atoms with Crippen molar-refractivity contribution in [2.45, 2.75) is 51.7 Å². The molecule has 0 amide bonds. The van der Waals surface area contributed by atoms with Crippen molar-refractivity contribution in [3.05, 3.63) is 0 Å². The van der Waals surface area contributed by atoms with E-state index in [1.807, 2.05) is 11.8 Å². The molecule has 3 heteroatoms. The first-order chi connectivity index (χ1) is 7.07. The molecule has 0 saturated carbocycles. The minimum absolute atomic E-state index is 0.437. The van der Waals surface area contributed by atoms with Crippen molar-refractivity contribution in [2.75, 3.05) is 18.1 Å². The Bertz CT molecular complexity index is 178. The molecule has 0 aromatic heterocycles. The Morgan fingerprint density at radius 1 is 1.33 bits per heavy atom. The highest BCUT2D eigenvalue weighted by molar-refractivity contribution is 7.99. The van der Waals surface area contributed by atoms with Gasteiger partial charge in [-0.1, -0.05) is 20.8 Å². The number of thioether (sulfide) groups is 1. The zero-order valence-corrected chi connectivity index (χ0v) is 11.1. The first-order valence-electron chi connectivity index (χ1n) is 6.11. The molecule has 0 aliphatic carbocycles. The molecule has 2 nitrogen and oxygen atoms in total. The van der Waals surface area contributed by atoms with Crippen molar-refractivity contribution in [2.24, 2.45) is 5.92 Å². The van der Waals surface area contributed by atoms with Gasteiger partial charge in [0.2, 0.25) is 0 Å². The molecule has 2 N–H and O–H groups in total. The number of rotatable bonds is 5. The van der Waals surface area contributed by atoms with Crippen molar-refractivity contribution < 1.29 is 5.11 Å². The van der Waals surface area contributed by atoms with E-state index in [4.69, 9.17) is 0 Å². The summed E-state index contributed by atoms with van der Waals surface area (Å²) in [4.78, 5) is 0. The standard InChI is InChI=1S/C12H25NOS/c1-4-11(10(2)3)13-9-12(14)5-7-15-8-6-12/h10-11,13-14H,4-9H2,1-3H3. The van der Waals surface area contributed by atoms with Crippen molar-refractivity contribution >= 4 is 11.8 Å². The number of hydrogen-bond donors (Lipinski definition) is 2. The van der Waals surface area contributed by atoms with Gasteiger partial charge in [-0.05, 0) is 36.7 Å². The van der Waals surface area contributed by atoms with Crippen molar-refractivity contribution in [1.29, 1.82) is 0 Å². The molecule has 1 aliphatic rings. The van der Waals surface area contributed by atoms with Gasteiger partial charge in [0.15, 0.2) is 0 Å². The normalized spacial score (nSPS) is 23.0. The Labute approximate surface area is 98.2 Å². The SMILES string of the molecule is CCC(NCC1(O)CCSCC1)C(C)C. The van der Waals surface area contributed by atoms with Crippen LogP contribution in [0.15, 0.2) is 0 Å². The minimum Gasteiger partial charge on any atom is -0.389 e. The molecule has 15 heavy (non-hydrogen) atoms. The lowest BCUT2D eigenvalue weighted by Crippen LogP contribution is -2.47. The maximum atomic E-state index is 10.3. The van der Waals surface area contributed by atoms with Gasteiger partial charge in [-0.2, -0.15) is 11.8 Å². The molecule has 1 unspecified atom stereocenters. The summed E-state index contributed by atoms with van der Waals surface area (Å²) < 4.78 is 0. The fourth-order valence-electron chi connectivity index (χ4n) is 2.10.